The number of hydrogen-bond donors (Lipinski definition) is 1. The van der Waals surface area contributed by atoms with Crippen LogP contribution in [0.25, 0.3) is 0 Å². The molecule has 6 heteroatoms. The molecule has 1 aromatic rings. The Kier molecular flexibility index (Phi) is 4.65. The summed E-state index contributed by atoms with van der Waals surface area (Å²) in [5.41, 5.74) is 0.582. The van der Waals surface area contributed by atoms with Crippen LogP contribution in [0.5, 0.6) is 5.75 Å². The van der Waals surface area contributed by atoms with Crippen LogP contribution in [0, 0.1) is 5.82 Å². The third-order valence-electron chi connectivity index (χ3n) is 3.44. The van der Waals surface area contributed by atoms with Crippen LogP contribution in [0.3, 0.4) is 0 Å². The van der Waals surface area contributed by atoms with Crippen molar-refractivity contribution in [3.05, 3.63) is 29.6 Å². The van der Waals surface area contributed by atoms with Crippen LogP contribution in [-0.4, -0.2) is 32.6 Å². The van der Waals surface area contributed by atoms with Crippen LogP contribution >= 0.6 is 0 Å². The molecule has 0 aromatic heterocycles. The molecule has 1 aliphatic heterocycles. The van der Waals surface area contributed by atoms with Gasteiger partial charge >= 0.3 is 0 Å². The molecular formula is C14H20FNO3S. The zero-order chi connectivity index (χ0) is 14.8. The number of ether oxygens (including phenoxy) is 1. The first kappa shape index (κ1) is 15.3. The van der Waals surface area contributed by atoms with Gasteiger partial charge in [0.2, 0.25) is 0 Å². The molecule has 0 saturated carbocycles. The van der Waals surface area contributed by atoms with Gasteiger partial charge in [0, 0.05) is 17.7 Å². The van der Waals surface area contributed by atoms with Gasteiger partial charge in [-0.2, -0.15) is 0 Å². The molecule has 1 N–H and O–H groups in total. The number of benzene rings is 1. The first-order valence-electron chi connectivity index (χ1n) is 6.81. The summed E-state index contributed by atoms with van der Waals surface area (Å²) >= 11 is 0. The van der Waals surface area contributed by atoms with Crippen LogP contribution in [0.1, 0.15) is 31.9 Å². The topological polar surface area (TPSA) is 55.4 Å². The normalized spacial score (nSPS) is 22.6. The third-order valence-corrected chi connectivity index (χ3v) is 5.18. The maximum absolute atomic E-state index is 14.0. The van der Waals surface area contributed by atoms with Crippen molar-refractivity contribution in [3.8, 4) is 5.75 Å². The molecule has 4 nitrogen and oxygen atoms in total. The largest absolute Gasteiger partial charge is 0.489 e. The first-order chi connectivity index (χ1) is 9.41. The Morgan fingerprint density at radius 3 is 2.80 bits per heavy atom. The zero-order valence-electron chi connectivity index (χ0n) is 11.7. The summed E-state index contributed by atoms with van der Waals surface area (Å²) in [6.45, 7) is 4.62. The SMILES string of the molecule is CCNC(C)c1ccc(OC2CCS(=O)(=O)C2)cc1F. The molecule has 2 rings (SSSR count). The summed E-state index contributed by atoms with van der Waals surface area (Å²) in [5, 5.41) is 3.15. The van der Waals surface area contributed by atoms with E-state index in [9.17, 15) is 12.8 Å². The van der Waals surface area contributed by atoms with Crippen molar-refractivity contribution in [2.75, 3.05) is 18.1 Å². The fraction of sp³-hybridized carbons (Fsp3) is 0.571. The molecule has 0 bridgehead atoms. The second-order valence-electron chi connectivity index (χ2n) is 5.11. The summed E-state index contributed by atoms with van der Waals surface area (Å²) in [5.74, 6) is 0.216. The molecule has 1 aromatic carbocycles. The molecular weight excluding hydrogens is 281 g/mol. The van der Waals surface area contributed by atoms with E-state index in [0.29, 0.717) is 17.7 Å². The molecule has 1 fully saturated rings. The van der Waals surface area contributed by atoms with Crippen molar-refractivity contribution >= 4 is 9.84 Å². The molecule has 0 spiro atoms. The Labute approximate surface area is 119 Å². The summed E-state index contributed by atoms with van der Waals surface area (Å²) in [7, 11) is -2.98. The van der Waals surface area contributed by atoms with Gasteiger partial charge in [-0.15, -0.1) is 0 Å². The van der Waals surface area contributed by atoms with Crippen molar-refractivity contribution in [1.82, 2.24) is 5.32 Å². The van der Waals surface area contributed by atoms with Crippen molar-refractivity contribution in [2.45, 2.75) is 32.4 Å². The Morgan fingerprint density at radius 1 is 1.50 bits per heavy atom. The average Bonchev–Trinajstić information content (AvgIpc) is 2.69. The maximum atomic E-state index is 14.0. The lowest BCUT2D eigenvalue weighted by Gasteiger charge is -2.16. The third kappa shape index (κ3) is 3.70. The molecule has 20 heavy (non-hydrogen) atoms. The van der Waals surface area contributed by atoms with E-state index >= 15 is 0 Å². The Bertz CT molecular complexity index is 574. The molecule has 2 atom stereocenters. The van der Waals surface area contributed by atoms with Gasteiger partial charge in [0.15, 0.2) is 9.84 Å². The van der Waals surface area contributed by atoms with Crippen LogP contribution in [0.15, 0.2) is 18.2 Å². The van der Waals surface area contributed by atoms with Gasteiger partial charge in [0.1, 0.15) is 17.7 Å². The van der Waals surface area contributed by atoms with E-state index in [1.165, 1.54) is 6.07 Å². The van der Waals surface area contributed by atoms with E-state index in [1.54, 1.807) is 12.1 Å². The van der Waals surface area contributed by atoms with Gasteiger partial charge in [-0.05, 0) is 26.0 Å². The van der Waals surface area contributed by atoms with Crippen LogP contribution < -0.4 is 10.1 Å². The fourth-order valence-electron chi connectivity index (χ4n) is 2.39. The van der Waals surface area contributed by atoms with Gasteiger partial charge in [0.05, 0.1) is 11.5 Å². The van der Waals surface area contributed by atoms with Crippen molar-refractivity contribution in [1.29, 1.82) is 0 Å². The number of hydrogen-bond acceptors (Lipinski definition) is 4. The van der Waals surface area contributed by atoms with Crippen LogP contribution in [0.4, 0.5) is 4.39 Å². The molecule has 1 saturated heterocycles. The van der Waals surface area contributed by atoms with Gasteiger partial charge < -0.3 is 10.1 Å². The number of sulfone groups is 1. The highest BCUT2D eigenvalue weighted by molar-refractivity contribution is 7.91. The molecule has 2 unspecified atom stereocenters. The number of rotatable bonds is 5. The van der Waals surface area contributed by atoms with Crippen molar-refractivity contribution in [3.63, 3.8) is 0 Å². The molecule has 112 valence electrons. The van der Waals surface area contributed by atoms with E-state index in [-0.39, 0.29) is 29.5 Å². The van der Waals surface area contributed by atoms with E-state index in [1.807, 2.05) is 13.8 Å². The van der Waals surface area contributed by atoms with E-state index in [4.69, 9.17) is 4.74 Å². The maximum Gasteiger partial charge on any atom is 0.154 e. The number of nitrogens with one attached hydrogen (secondary N) is 1. The predicted molar refractivity (Wildman–Crippen MR) is 76.2 cm³/mol. The van der Waals surface area contributed by atoms with Gasteiger partial charge in [-0.3, -0.25) is 0 Å². The van der Waals surface area contributed by atoms with E-state index in [0.717, 1.165) is 6.54 Å². The molecule has 0 aliphatic carbocycles. The second-order valence-corrected chi connectivity index (χ2v) is 7.33. The monoisotopic (exact) mass is 301 g/mol. The minimum atomic E-state index is -2.98. The van der Waals surface area contributed by atoms with Gasteiger partial charge in [-0.1, -0.05) is 13.0 Å². The second kappa shape index (κ2) is 6.10. The average molecular weight is 301 g/mol. The highest BCUT2D eigenvalue weighted by Gasteiger charge is 2.29. The lowest BCUT2D eigenvalue weighted by atomic mass is 10.1. The van der Waals surface area contributed by atoms with Crippen LogP contribution in [-0.2, 0) is 9.84 Å². The summed E-state index contributed by atoms with van der Waals surface area (Å²) < 4.78 is 42.3. The van der Waals surface area contributed by atoms with Crippen LogP contribution in [0.2, 0.25) is 0 Å². The lowest BCUT2D eigenvalue weighted by molar-refractivity contribution is 0.228. The minimum absolute atomic E-state index is 0.0180. The van der Waals surface area contributed by atoms with Crippen molar-refractivity contribution < 1.29 is 17.5 Å². The zero-order valence-corrected chi connectivity index (χ0v) is 12.5. The molecule has 0 amide bonds. The Balaban J connectivity index is 2.06. The predicted octanol–water partition coefficient (Wildman–Crippen LogP) is 2.06. The highest BCUT2D eigenvalue weighted by atomic mass is 32.2. The highest BCUT2D eigenvalue weighted by Crippen LogP contribution is 2.24. The summed E-state index contributed by atoms with van der Waals surface area (Å²) in [6.07, 6.45) is 0.107. The minimum Gasteiger partial charge on any atom is -0.489 e. The Hall–Kier alpha value is -1.14. The summed E-state index contributed by atoms with van der Waals surface area (Å²) in [6, 6.07) is 4.63. The van der Waals surface area contributed by atoms with E-state index < -0.39 is 9.84 Å². The quantitative estimate of drug-likeness (QED) is 0.904. The van der Waals surface area contributed by atoms with Gasteiger partial charge in [0.25, 0.3) is 0 Å². The molecule has 1 heterocycles. The lowest BCUT2D eigenvalue weighted by Crippen LogP contribution is -2.20. The van der Waals surface area contributed by atoms with E-state index in [2.05, 4.69) is 5.32 Å². The molecule has 1 aliphatic rings. The van der Waals surface area contributed by atoms with Crippen molar-refractivity contribution in [2.24, 2.45) is 0 Å². The smallest absolute Gasteiger partial charge is 0.154 e. The van der Waals surface area contributed by atoms with Gasteiger partial charge in [-0.25, -0.2) is 12.8 Å². The fourth-order valence-corrected chi connectivity index (χ4v) is 3.98. The Morgan fingerprint density at radius 2 is 2.25 bits per heavy atom. The number of halogens is 1. The molecule has 0 radical (unpaired) electrons. The first-order valence-corrected chi connectivity index (χ1v) is 8.63. The standard InChI is InChI=1S/C14H20FNO3S/c1-3-16-10(2)13-5-4-11(8-14(13)15)19-12-6-7-20(17,18)9-12/h4-5,8,10,12,16H,3,6-7,9H2,1-2H3. The summed E-state index contributed by atoms with van der Waals surface area (Å²) in [4.78, 5) is 0.